The van der Waals surface area contributed by atoms with E-state index in [1.165, 1.54) is 11.3 Å². The average molecular weight is 516 g/mol. The minimum Gasteiger partial charge on any atom is -0.466 e. The number of nitrogens with zero attached hydrogens (tertiary/aromatic N) is 3. The van der Waals surface area contributed by atoms with Crippen LogP contribution in [0.4, 0.5) is 5.69 Å². The van der Waals surface area contributed by atoms with Crippen LogP contribution in [0.3, 0.4) is 0 Å². The van der Waals surface area contributed by atoms with E-state index >= 15 is 0 Å². The fourth-order valence-corrected chi connectivity index (χ4v) is 3.75. The summed E-state index contributed by atoms with van der Waals surface area (Å²) in [5.74, 6) is 0.840. The second kappa shape index (κ2) is 12.2. The Morgan fingerprint density at radius 2 is 1.83 bits per heavy atom. The van der Waals surface area contributed by atoms with Crippen molar-refractivity contribution in [3.05, 3.63) is 29.8 Å². The molecule has 2 aliphatic heterocycles. The molecule has 0 aromatic heterocycles. The third-order valence-electron chi connectivity index (χ3n) is 5.39. The quantitative estimate of drug-likeness (QED) is 0.281. The van der Waals surface area contributed by atoms with E-state index in [9.17, 15) is 4.79 Å². The summed E-state index contributed by atoms with van der Waals surface area (Å²) in [4.78, 5) is 20.9. The highest BCUT2D eigenvalue weighted by Crippen LogP contribution is 2.19. The lowest BCUT2D eigenvalue weighted by molar-refractivity contribution is -0.149. The zero-order chi connectivity index (χ0) is 19.8. The standard InChI is InChI=1S/C21H32N4O3.HI/c1-3-28-20(26)18-8-10-25(11-9-18)21(22-2)23-16-17-4-6-19(7-5-17)24-12-14-27-15-13-24;/h4-7,18H,3,8-16H2,1-2H3,(H,22,23);1H. The Balaban J connectivity index is 0.00000300. The molecule has 3 rings (SSSR count). The van der Waals surface area contributed by atoms with E-state index in [-0.39, 0.29) is 35.9 Å². The number of hydrogen-bond donors (Lipinski definition) is 1. The predicted octanol–water partition coefficient (Wildman–Crippen LogP) is 2.49. The summed E-state index contributed by atoms with van der Waals surface area (Å²) in [5, 5.41) is 3.45. The maximum atomic E-state index is 11.9. The normalized spacial score (nSPS) is 18.2. The number of morpholine rings is 1. The summed E-state index contributed by atoms with van der Waals surface area (Å²) in [6.07, 6.45) is 1.63. The molecular weight excluding hydrogens is 483 g/mol. The van der Waals surface area contributed by atoms with Gasteiger partial charge in [0.1, 0.15) is 0 Å². The Kier molecular flexibility index (Phi) is 9.99. The Bertz CT molecular complexity index is 654. The molecule has 0 amide bonds. The molecule has 2 saturated heterocycles. The minimum atomic E-state index is -0.0644. The molecule has 162 valence electrons. The number of aliphatic imine (C=N–C) groups is 1. The molecule has 0 bridgehead atoms. The van der Waals surface area contributed by atoms with Gasteiger partial charge < -0.3 is 24.6 Å². The maximum absolute atomic E-state index is 11.9. The molecule has 2 heterocycles. The first-order chi connectivity index (χ1) is 13.7. The summed E-state index contributed by atoms with van der Waals surface area (Å²) in [6, 6.07) is 8.68. The fraction of sp³-hybridized carbons (Fsp3) is 0.619. The molecule has 1 aromatic carbocycles. The van der Waals surface area contributed by atoms with Crippen LogP contribution >= 0.6 is 24.0 Å². The molecule has 0 aliphatic carbocycles. The van der Waals surface area contributed by atoms with Crippen LogP contribution in [0, 0.1) is 5.92 Å². The molecule has 0 atom stereocenters. The van der Waals surface area contributed by atoms with E-state index in [1.54, 1.807) is 7.05 Å². The highest BCUT2D eigenvalue weighted by molar-refractivity contribution is 14.0. The number of carbonyl (C=O) groups excluding carboxylic acids is 1. The number of piperidine rings is 1. The van der Waals surface area contributed by atoms with Crippen LogP contribution in [0.5, 0.6) is 0 Å². The third kappa shape index (κ3) is 6.74. The number of benzene rings is 1. The summed E-state index contributed by atoms with van der Waals surface area (Å²) < 4.78 is 10.6. The van der Waals surface area contributed by atoms with Gasteiger partial charge in [0, 0.05) is 45.5 Å². The van der Waals surface area contributed by atoms with Crippen molar-refractivity contribution in [3.63, 3.8) is 0 Å². The number of anilines is 1. The molecule has 0 saturated carbocycles. The predicted molar refractivity (Wildman–Crippen MR) is 126 cm³/mol. The first-order valence-corrected chi connectivity index (χ1v) is 10.2. The maximum Gasteiger partial charge on any atom is 0.309 e. The Morgan fingerprint density at radius 3 is 2.41 bits per heavy atom. The summed E-state index contributed by atoms with van der Waals surface area (Å²) >= 11 is 0. The Labute approximate surface area is 190 Å². The first-order valence-electron chi connectivity index (χ1n) is 10.2. The first kappa shape index (κ1) is 23.7. The van der Waals surface area contributed by atoms with E-state index in [2.05, 4.69) is 44.4 Å². The van der Waals surface area contributed by atoms with Gasteiger partial charge in [0.2, 0.25) is 0 Å². The van der Waals surface area contributed by atoms with Crippen LogP contribution in [0.25, 0.3) is 0 Å². The number of carbonyl (C=O) groups is 1. The van der Waals surface area contributed by atoms with Gasteiger partial charge in [-0.2, -0.15) is 0 Å². The second-order valence-electron chi connectivity index (χ2n) is 7.18. The highest BCUT2D eigenvalue weighted by atomic mass is 127. The van der Waals surface area contributed by atoms with Gasteiger partial charge in [0.15, 0.2) is 5.96 Å². The number of halogens is 1. The number of guanidine groups is 1. The number of hydrogen-bond acceptors (Lipinski definition) is 5. The lowest BCUT2D eigenvalue weighted by atomic mass is 9.97. The van der Waals surface area contributed by atoms with Crippen LogP contribution in [0.2, 0.25) is 0 Å². The van der Waals surface area contributed by atoms with Gasteiger partial charge in [0.25, 0.3) is 0 Å². The van der Waals surface area contributed by atoms with Crippen molar-refractivity contribution in [1.29, 1.82) is 0 Å². The van der Waals surface area contributed by atoms with Crippen molar-refractivity contribution in [1.82, 2.24) is 10.2 Å². The van der Waals surface area contributed by atoms with Crippen LogP contribution < -0.4 is 10.2 Å². The number of rotatable bonds is 5. The number of esters is 1. The van der Waals surface area contributed by atoms with E-state index in [4.69, 9.17) is 9.47 Å². The molecule has 29 heavy (non-hydrogen) atoms. The summed E-state index contributed by atoms with van der Waals surface area (Å²) in [5.41, 5.74) is 2.47. The van der Waals surface area contributed by atoms with Crippen molar-refractivity contribution < 1.29 is 14.3 Å². The number of nitrogens with one attached hydrogen (secondary N) is 1. The lowest BCUT2D eigenvalue weighted by Crippen LogP contribution is -2.46. The summed E-state index contributed by atoms with van der Waals surface area (Å²) in [6.45, 7) is 8.17. The van der Waals surface area contributed by atoms with Gasteiger partial charge in [0.05, 0.1) is 25.7 Å². The lowest BCUT2D eigenvalue weighted by Gasteiger charge is -2.33. The molecule has 2 aliphatic rings. The van der Waals surface area contributed by atoms with Gasteiger partial charge in [-0.3, -0.25) is 9.79 Å². The van der Waals surface area contributed by atoms with Gasteiger partial charge in [-0.15, -0.1) is 24.0 Å². The Hall–Kier alpha value is -1.55. The van der Waals surface area contributed by atoms with Gasteiger partial charge >= 0.3 is 5.97 Å². The van der Waals surface area contributed by atoms with Gasteiger partial charge in [-0.05, 0) is 37.5 Å². The molecule has 7 nitrogen and oxygen atoms in total. The molecule has 0 spiro atoms. The smallest absolute Gasteiger partial charge is 0.309 e. The fourth-order valence-electron chi connectivity index (χ4n) is 3.75. The van der Waals surface area contributed by atoms with Crippen molar-refractivity contribution in [3.8, 4) is 0 Å². The van der Waals surface area contributed by atoms with E-state index in [1.807, 2.05) is 6.92 Å². The van der Waals surface area contributed by atoms with Crippen LogP contribution in [-0.4, -0.2) is 69.9 Å². The molecule has 1 aromatic rings. The number of ether oxygens (including phenoxy) is 2. The third-order valence-corrected chi connectivity index (χ3v) is 5.39. The Morgan fingerprint density at radius 1 is 1.17 bits per heavy atom. The minimum absolute atomic E-state index is 0. The van der Waals surface area contributed by atoms with Crippen LogP contribution in [-0.2, 0) is 20.8 Å². The number of likely N-dealkylation sites (tertiary alicyclic amines) is 1. The zero-order valence-electron chi connectivity index (χ0n) is 17.4. The van der Waals surface area contributed by atoms with Crippen molar-refractivity contribution in [2.75, 3.05) is 57.9 Å². The highest BCUT2D eigenvalue weighted by Gasteiger charge is 2.27. The van der Waals surface area contributed by atoms with Gasteiger partial charge in [-0.25, -0.2) is 0 Å². The average Bonchev–Trinajstić information content (AvgIpc) is 2.76. The SMILES string of the molecule is CCOC(=O)C1CCN(C(=NC)NCc2ccc(N3CCOCC3)cc2)CC1.I. The topological polar surface area (TPSA) is 66.4 Å². The van der Waals surface area contributed by atoms with Crippen LogP contribution in [0.1, 0.15) is 25.3 Å². The molecule has 2 fully saturated rings. The largest absolute Gasteiger partial charge is 0.466 e. The van der Waals surface area contributed by atoms with E-state index in [0.717, 1.165) is 64.7 Å². The summed E-state index contributed by atoms with van der Waals surface area (Å²) in [7, 11) is 1.81. The molecule has 0 unspecified atom stereocenters. The van der Waals surface area contributed by atoms with Crippen molar-refractivity contribution in [2.24, 2.45) is 10.9 Å². The molecule has 8 heteroatoms. The van der Waals surface area contributed by atoms with E-state index in [0.29, 0.717) is 6.61 Å². The zero-order valence-corrected chi connectivity index (χ0v) is 19.8. The van der Waals surface area contributed by atoms with Gasteiger partial charge in [-0.1, -0.05) is 12.1 Å². The molecule has 1 N–H and O–H groups in total. The van der Waals surface area contributed by atoms with E-state index < -0.39 is 0 Å². The van der Waals surface area contributed by atoms with Crippen LogP contribution in [0.15, 0.2) is 29.3 Å². The monoisotopic (exact) mass is 516 g/mol. The molecular formula is C21H33IN4O3. The molecule has 0 radical (unpaired) electrons. The van der Waals surface area contributed by atoms with Crippen molar-refractivity contribution in [2.45, 2.75) is 26.3 Å². The second-order valence-corrected chi connectivity index (χ2v) is 7.18. The van der Waals surface area contributed by atoms with Crippen molar-refractivity contribution >= 4 is 41.6 Å².